The Balaban J connectivity index is 1.73. The molecule has 0 N–H and O–H groups in total. The second-order valence-electron chi connectivity index (χ2n) is 6.54. The third-order valence-electron chi connectivity index (χ3n) is 4.85. The molecule has 2 aromatic heterocycles. The van der Waals surface area contributed by atoms with Crippen molar-refractivity contribution in [3.8, 4) is 11.1 Å². The molecule has 6 heteroatoms. The minimum atomic E-state index is -0.0276. The molecule has 3 heterocycles. The van der Waals surface area contributed by atoms with Crippen LogP contribution in [-0.2, 0) is 11.8 Å². The van der Waals surface area contributed by atoms with Gasteiger partial charge in [0.1, 0.15) is 0 Å². The minimum Gasteiger partial charge on any atom is -0.378 e. The smallest absolute Gasteiger partial charge is 0.264 e. The molecule has 4 rings (SSSR count). The molecule has 26 heavy (non-hydrogen) atoms. The maximum atomic E-state index is 12.9. The Morgan fingerprint density at radius 3 is 2.58 bits per heavy atom. The summed E-state index contributed by atoms with van der Waals surface area (Å²) in [5, 5.41) is 1.11. The molecule has 0 unspecified atom stereocenters. The van der Waals surface area contributed by atoms with Gasteiger partial charge in [0.2, 0.25) is 5.56 Å². The van der Waals surface area contributed by atoms with Gasteiger partial charge in [-0.3, -0.25) is 9.59 Å². The van der Waals surface area contributed by atoms with Crippen LogP contribution in [0.5, 0.6) is 0 Å². The second kappa shape index (κ2) is 6.70. The summed E-state index contributed by atoms with van der Waals surface area (Å²) in [6, 6.07) is 9.63. The zero-order chi connectivity index (χ0) is 18.3. The molecular weight excluding hydrogens is 348 g/mol. The van der Waals surface area contributed by atoms with E-state index in [1.165, 1.54) is 0 Å². The topological polar surface area (TPSA) is 51.5 Å². The zero-order valence-electron chi connectivity index (χ0n) is 14.8. The van der Waals surface area contributed by atoms with Crippen molar-refractivity contribution >= 4 is 27.3 Å². The van der Waals surface area contributed by atoms with Gasteiger partial charge in [0.25, 0.3) is 5.91 Å². The summed E-state index contributed by atoms with van der Waals surface area (Å²) in [4.78, 5) is 27.1. The van der Waals surface area contributed by atoms with Gasteiger partial charge in [-0.1, -0.05) is 12.1 Å². The van der Waals surface area contributed by atoms with Crippen LogP contribution in [0.15, 0.2) is 41.3 Å². The minimum absolute atomic E-state index is 0.0276. The average molecular weight is 368 g/mol. The number of rotatable bonds is 2. The molecule has 0 atom stereocenters. The summed E-state index contributed by atoms with van der Waals surface area (Å²) < 4.78 is 8.01. The molecular formula is C20H20N2O3S. The van der Waals surface area contributed by atoms with Crippen LogP contribution in [0.3, 0.4) is 0 Å². The first-order chi connectivity index (χ1) is 12.5. The monoisotopic (exact) mass is 368 g/mol. The molecule has 0 bridgehead atoms. The number of thiophene rings is 1. The fraction of sp³-hybridized carbons (Fsp3) is 0.300. The summed E-state index contributed by atoms with van der Waals surface area (Å²) in [5.74, 6) is 0.0932. The van der Waals surface area contributed by atoms with E-state index in [0.717, 1.165) is 31.7 Å². The maximum Gasteiger partial charge on any atom is 0.264 e. The molecule has 3 aromatic rings. The summed E-state index contributed by atoms with van der Waals surface area (Å²) in [6.07, 6.45) is 1.84. The highest BCUT2D eigenvalue weighted by atomic mass is 32.1. The predicted octanol–water partition coefficient (Wildman–Crippen LogP) is 3.05. The molecule has 0 spiro atoms. The Morgan fingerprint density at radius 1 is 1.12 bits per heavy atom. The van der Waals surface area contributed by atoms with E-state index in [9.17, 15) is 9.59 Å². The summed E-state index contributed by atoms with van der Waals surface area (Å²) >= 11 is 1.54. The lowest BCUT2D eigenvalue weighted by Gasteiger charge is -2.26. The lowest BCUT2D eigenvalue weighted by Crippen LogP contribution is -2.40. The SMILES string of the molecule is Cc1c(C(=O)N2CCOCC2)sc2cc(-c3ccc(=O)n(C)c3)ccc12. The highest BCUT2D eigenvalue weighted by Crippen LogP contribution is 2.34. The van der Waals surface area contributed by atoms with E-state index in [-0.39, 0.29) is 11.5 Å². The first-order valence-corrected chi connectivity index (χ1v) is 9.43. The largest absolute Gasteiger partial charge is 0.378 e. The van der Waals surface area contributed by atoms with Gasteiger partial charge >= 0.3 is 0 Å². The van der Waals surface area contributed by atoms with Crippen molar-refractivity contribution in [2.45, 2.75) is 6.92 Å². The van der Waals surface area contributed by atoms with E-state index in [1.54, 1.807) is 29.0 Å². The summed E-state index contributed by atoms with van der Waals surface area (Å²) in [5.41, 5.74) is 3.04. The number of fused-ring (bicyclic) bond motifs is 1. The highest BCUT2D eigenvalue weighted by molar-refractivity contribution is 7.21. The third kappa shape index (κ3) is 2.95. The van der Waals surface area contributed by atoms with Gasteiger partial charge in [0.15, 0.2) is 0 Å². The predicted molar refractivity (Wildman–Crippen MR) is 104 cm³/mol. The van der Waals surface area contributed by atoms with Crippen molar-refractivity contribution in [2.75, 3.05) is 26.3 Å². The van der Waals surface area contributed by atoms with Crippen molar-refractivity contribution in [1.82, 2.24) is 9.47 Å². The first-order valence-electron chi connectivity index (χ1n) is 8.62. The normalized spacial score (nSPS) is 14.8. The Bertz CT molecular complexity index is 1040. The number of aromatic nitrogens is 1. The quantitative estimate of drug-likeness (QED) is 0.699. The van der Waals surface area contributed by atoms with Gasteiger partial charge in [-0.15, -0.1) is 11.3 Å². The number of amides is 1. The van der Waals surface area contributed by atoms with E-state index in [4.69, 9.17) is 4.74 Å². The number of ether oxygens (including phenoxy) is 1. The zero-order valence-corrected chi connectivity index (χ0v) is 15.6. The van der Waals surface area contributed by atoms with Gasteiger partial charge in [0, 0.05) is 37.1 Å². The molecule has 1 amide bonds. The molecule has 1 saturated heterocycles. The van der Waals surface area contributed by atoms with E-state index >= 15 is 0 Å². The van der Waals surface area contributed by atoms with Gasteiger partial charge < -0.3 is 14.2 Å². The van der Waals surface area contributed by atoms with Crippen molar-refractivity contribution < 1.29 is 9.53 Å². The van der Waals surface area contributed by atoms with E-state index in [0.29, 0.717) is 26.3 Å². The molecule has 1 aromatic carbocycles. The number of nitrogens with zero attached hydrogens (tertiary/aromatic N) is 2. The lowest BCUT2D eigenvalue weighted by molar-refractivity contribution is 0.0306. The summed E-state index contributed by atoms with van der Waals surface area (Å²) in [6.45, 7) is 4.52. The number of pyridine rings is 1. The lowest BCUT2D eigenvalue weighted by atomic mass is 10.0. The van der Waals surface area contributed by atoms with Crippen molar-refractivity contribution in [3.05, 3.63) is 57.3 Å². The molecule has 0 saturated carbocycles. The van der Waals surface area contributed by atoms with Crippen LogP contribution in [0.1, 0.15) is 15.2 Å². The van der Waals surface area contributed by atoms with Crippen LogP contribution in [0.2, 0.25) is 0 Å². The number of carbonyl (C=O) groups excluding carboxylic acids is 1. The van der Waals surface area contributed by atoms with Gasteiger partial charge in [-0.05, 0) is 41.1 Å². The van der Waals surface area contributed by atoms with Crippen molar-refractivity contribution in [3.63, 3.8) is 0 Å². The highest BCUT2D eigenvalue weighted by Gasteiger charge is 2.23. The second-order valence-corrected chi connectivity index (χ2v) is 7.59. The van der Waals surface area contributed by atoms with Crippen molar-refractivity contribution in [1.29, 1.82) is 0 Å². The fourth-order valence-electron chi connectivity index (χ4n) is 3.28. The maximum absolute atomic E-state index is 12.9. The van der Waals surface area contributed by atoms with Crippen LogP contribution in [0.25, 0.3) is 21.2 Å². The summed E-state index contributed by atoms with van der Waals surface area (Å²) in [7, 11) is 1.75. The molecule has 5 nitrogen and oxygen atoms in total. The van der Waals surface area contributed by atoms with Crippen LogP contribution in [0, 0.1) is 6.92 Å². The number of hydrogen-bond donors (Lipinski definition) is 0. The Hall–Kier alpha value is -2.44. The Labute approximate surface area is 155 Å². The standard InChI is InChI=1S/C20H20N2O3S/c1-13-16-5-3-14(15-4-6-18(23)21(2)12-15)11-17(16)26-19(13)20(24)22-7-9-25-10-8-22/h3-6,11-12H,7-10H2,1-2H3. The molecule has 1 aliphatic heterocycles. The van der Waals surface area contributed by atoms with E-state index in [1.807, 2.05) is 30.2 Å². The van der Waals surface area contributed by atoms with Crippen molar-refractivity contribution in [2.24, 2.45) is 7.05 Å². The van der Waals surface area contributed by atoms with Gasteiger partial charge in [0.05, 0.1) is 18.1 Å². The number of benzene rings is 1. The number of morpholine rings is 1. The molecule has 1 fully saturated rings. The number of carbonyl (C=O) groups is 1. The number of aryl methyl sites for hydroxylation is 2. The van der Waals surface area contributed by atoms with E-state index < -0.39 is 0 Å². The van der Waals surface area contributed by atoms with Gasteiger partial charge in [-0.25, -0.2) is 0 Å². The Kier molecular flexibility index (Phi) is 4.38. The van der Waals surface area contributed by atoms with Gasteiger partial charge in [-0.2, -0.15) is 0 Å². The van der Waals surface area contributed by atoms with Crippen LogP contribution < -0.4 is 5.56 Å². The Morgan fingerprint density at radius 2 is 1.85 bits per heavy atom. The molecule has 0 aliphatic carbocycles. The fourth-order valence-corrected chi connectivity index (χ4v) is 4.50. The van der Waals surface area contributed by atoms with E-state index in [2.05, 4.69) is 12.1 Å². The van der Waals surface area contributed by atoms with Crippen LogP contribution in [0.4, 0.5) is 0 Å². The molecule has 1 aliphatic rings. The third-order valence-corrected chi connectivity index (χ3v) is 6.09. The first kappa shape index (κ1) is 17.0. The average Bonchev–Trinajstić information content (AvgIpc) is 3.00. The van der Waals surface area contributed by atoms with Crippen LogP contribution in [-0.4, -0.2) is 41.7 Å². The molecule has 134 valence electrons. The number of hydrogen-bond acceptors (Lipinski definition) is 4. The molecule has 0 radical (unpaired) electrons. The van der Waals surface area contributed by atoms with Crippen LogP contribution >= 0.6 is 11.3 Å².